The molecule has 0 spiro atoms. The lowest BCUT2D eigenvalue weighted by atomic mass is 9.93. The number of amides is 1. The van der Waals surface area contributed by atoms with Crippen molar-refractivity contribution in [1.29, 1.82) is 0 Å². The monoisotopic (exact) mass is 559 g/mol. The first kappa shape index (κ1) is 26.1. The number of benzene rings is 1. The van der Waals surface area contributed by atoms with Gasteiger partial charge in [0.05, 0.1) is 30.9 Å². The van der Waals surface area contributed by atoms with Crippen LogP contribution in [0.3, 0.4) is 0 Å². The fourth-order valence-electron chi connectivity index (χ4n) is 5.18. The molecule has 0 saturated carbocycles. The quantitative estimate of drug-likeness (QED) is 0.316. The molecule has 2 N–H and O–H groups in total. The Morgan fingerprint density at radius 2 is 1.98 bits per heavy atom. The third-order valence-electron chi connectivity index (χ3n) is 7.47. The Morgan fingerprint density at radius 3 is 2.80 bits per heavy atom. The molecule has 206 valence electrons. The highest BCUT2D eigenvalue weighted by Crippen LogP contribution is 2.31. The van der Waals surface area contributed by atoms with Gasteiger partial charge in [0.25, 0.3) is 5.91 Å². The van der Waals surface area contributed by atoms with E-state index in [1.807, 2.05) is 23.2 Å². The highest BCUT2D eigenvalue weighted by atomic mass is 35.5. The molecule has 11 heteroatoms. The van der Waals surface area contributed by atoms with Crippen LogP contribution in [0.5, 0.6) is 5.75 Å². The number of aromatic nitrogens is 4. The molecule has 1 saturated heterocycles. The number of anilines is 4. The molecule has 10 nitrogen and oxygen atoms in total. The summed E-state index contributed by atoms with van der Waals surface area (Å²) in [5.74, 6) is 2.90. The normalized spacial score (nSPS) is 15.2. The highest BCUT2D eigenvalue weighted by molar-refractivity contribution is 6.32. The van der Waals surface area contributed by atoms with Crippen LogP contribution in [0.1, 0.15) is 46.5 Å². The Balaban J connectivity index is 1.11. The van der Waals surface area contributed by atoms with Gasteiger partial charge in [-0.15, -0.1) is 0 Å². The fourth-order valence-corrected chi connectivity index (χ4v) is 5.32. The second-order valence-electron chi connectivity index (χ2n) is 10.2. The Morgan fingerprint density at radius 1 is 1.10 bits per heavy atom. The number of fused-ring (bicyclic) bond motifs is 6. The van der Waals surface area contributed by atoms with E-state index >= 15 is 0 Å². The van der Waals surface area contributed by atoms with Gasteiger partial charge in [-0.2, -0.15) is 4.98 Å². The van der Waals surface area contributed by atoms with Crippen molar-refractivity contribution in [3.63, 3.8) is 0 Å². The average Bonchev–Trinajstić information content (AvgIpc) is 3.40. The number of likely N-dealkylation sites (tertiary alicyclic amines) is 1. The number of aryl methyl sites for hydroxylation is 3. The number of pyridine rings is 1. The van der Waals surface area contributed by atoms with E-state index in [1.165, 1.54) is 6.20 Å². The molecule has 1 fully saturated rings. The zero-order chi connectivity index (χ0) is 27.5. The molecular formula is C29H30ClN7O3. The molecule has 6 bridgehead atoms. The number of ether oxygens (including phenoxy) is 1. The van der Waals surface area contributed by atoms with Crippen LogP contribution in [0.4, 0.5) is 23.1 Å². The Labute approximate surface area is 237 Å². The van der Waals surface area contributed by atoms with E-state index < -0.39 is 0 Å². The first-order valence-corrected chi connectivity index (χ1v) is 13.9. The standard InChI is InChI=1S/C29H30ClN7O3/c1-18-24(16-33-40-18)28(38)37-9-6-19(7-10-37)8-11-39-26-5-4-22-13-21(26)3-2-20-12-23(15-31-14-20)35-29-32-17-25(30)27(34-22)36-29/h4-5,12-17,19H,2-3,6-11H2,1H3,(H2,32,34,35,36). The first-order valence-electron chi connectivity index (χ1n) is 13.5. The van der Waals surface area contributed by atoms with E-state index in [1.54, 1.807) is 19.3 Å². The summed E-state index contributed by atoms with van der Waals surface area (Å²) in [6.07, 6.45) is 11.1. The van der Waals surface area contributed by atoms with Crippen molar-refractivity contribution in [3.8, 4) is 5.75 Å². The number of carbonyl (C=O) groups is 1. The molecule has 0 aliphatic carbocycles. The maximum absolute atomic E-state index is 12.7. The number of piperidine rings is 1. The van der Waals surface area contributed by atoms with Gasteiger partial charge in [0.1, 0.15) is 22.1 Å². The molecule has 6 rings (SSSR count). The van der Waals surface area contributed by atoms with Gasteiger partial charge in [0.2, 0.25) is 5.95 Å². The van der Waals surface area contributed by atoms with E-state index in [9.17, 15) is 4.79 Å². The van der Waals surface area contributed by atoms with Crippen molar-refractivity contribution in [3.05, 3.63) is 76.5 Å². The van der Waals surface area contributed by atoms with Crippen molar-refractivity contribution < 1.29 is 14.1 Å². The average molecular weight is 560 g/mol. The zero-order valence-corrected chi connectivity index (χ0v) is 22.9. The summed E-state index contributed by atoms with van der Waals surface area (Å²) in [6.45, 7) is 3.85. The van der Waals surface area contributed by atoms with Crippen LogP contribution in [0.15, 0.2) is 53.6 Å². The number of halogens is 1. The predicted molar refractivity (Wildman–Crippen MR) is 152 cm³/mol. The lowest BCUT2D eigenvalue weighted by molar-refractivity contribution is 0.0678. The molecule has 3 aromatic heterocycles. The van der Waals surface area contributed by atoms with Crippen LogP contribution in [0.25, 0.3) is 0 Å². The van der Waals surface area contributed by atoms with Gasteiger partial charge in [0, 0.05) is 25.0 Å². The van der Waals surface area contributed by atoms with Crippen molar-refractivity contribution >= 4 is 40.6 Å². The highest BCUT2D eigenvalue weighted by Gasteiger charge is 2.26. The molecule has 1 amide bonds. The Bertz CT molecular complexity index is 1520. The molecule has 2 aliphatic heterocycles. The first-order chi connectivity index (χ1) is 19.5. The molecule has 0 unspecified atom stereocenters. The van der Waals surface area contributed by atoms with E-state index in [4.69, 9.17) is 20.9 Å². The van der Waals surface area contributed by atoms with Gasteiger partial charge < -0.3 is 24.8 Å². The molecular weight excluding hydrogens is 530 g/mol. The summed E-state index contributed by atoms with van der Waals surface area (Å²) in [6, 6.07) is 8.12. The second-order valence-corrected chi connectivity index (χ2v) is 10.6. The number of carbonyl (C=O) groups excluding carboxylic acids is 1. The van der Waals surface area contributed by atoms with Crippen LogP contribution in [-0.2, 0) is 12.8 Å². The van der Waals surface area contributed by atoms with Crippen LogP contribution < -0.4 is 15.4 Å². The van der Waals surface area contributed by atoms with E-state index in [0.717, 1.165) is 73.4 Å². The smallest absolute Gasteiger partial charge is 0.259 e. The van der Waals surface area contributed by atoms with Gasteiger partial charge in [-0.3, -0.25) is 9.78 Å². The van der Waals surface area contributed by atoms with Crippen molar-refractivity contribution in [1.82, 2.24) is 25.0 Å². The Hall–Kier alpha value is -4.18. The topological polar surface area (TPSA) is 118 Å². The van der Waals surface area contributed by atoms with Crippen LogP contribution in [0, 0.1) is 12.8 Å². The summed E-state index contributed by atoms with van der Waals surface area (Å²) in [5, 5.41) is 10.7. The molecule has 4 aromatic rings. The molecule has 1 aromatic carbocycles. The SMILES string of the molecule is Cc1oncc1C(=O)N1CCC(CCOc2ccc3cc2CCc2cncc(c2)Nc2ncc(Cl)c(n2)N3)CC1. The summed E-state index contributed by atoms with van der Waals surface area (Å²) < 4.78 is 11.4. The van der Waals surface area contributed by atoms with Crippen molar-refractivity contribution in [2.45, 2.75) is 39.0 Å². The van der Waals surface area contributed by atoms with Crippen LogP contribution in [-0.4, -0.2) is 50.6 Å². The van der Waals surface area contributed by atoms with Gasteiger partial charge in [-0.05, 0) is 80.3 Å². The number of rotatable bonds is 5. The summed E-state index contributed by atoms with van der Waals surface area (Å²) in [4.78, 5) is 27.9. The number of nitrogens with one attached hydrogen (secondary N) is 2. The predicted octanol–water partition coefficient (Wildman–Crippen LogP) is 5.73. The lowest BCUT2D eigenvalue weighted by Crippen LogP contribution is -2.38. The third kappa shape index (κ3) is 5.86. The summed E-state index contributed by atoms with van der Waals surface area (Å²) in [5.41, 5.74) is 4.44. The largest absolute Gasteiger partial charge is 0.493 e. The number of hydrogen-bond acceptors (Lipinski definition) is 9. The molecule has 0 radical (unpaired) electrons. The molecule has 0 atom stereocenters. The van der Waals surface area contributed by atoms with Gasteiger partial charge >= 0.3 is 0 Å². The maximum atomic E-state index is 12.7. The zero-order valence-electron chi connectivity index (χ0n) is 22.2. The third-order valence-corrected chi connectivity index (χ3v) is 7.74. The second kappa shape index (κ2) is 11.5. The Kier molecular flexibility index (Phi) is 7.50. The van der Waals surface area contributed by atoms with E-state index in [2.05, 4.69) is 42.9 Å². The van der Waals surface area contributed by atoms with Gasteiger partial charge in [-0.25, -0.2) is 4.98 Å². The maximum Gasteiger partial charge on any atom is 0.259 e. The van der Waals surface area contributed by atoms with Crippen molar-refractivity contribution in [2.24, 2.45) is 5.92 Å². The van der Waals surface area contributed by atoms with E-state index in [-0.39, 0.29) is 5.91 Å². The van der Waals surface area contributed by atoms with Gasteiger partial charge in [0.15, 0.2) is 5.82 Å². The number of hydrogen-bond donors (Lipinski definition) is 2. The van der Waals surface area contributed by atoms with Crippen LogP contribution >= 0.6 is 11.6 Å². The van der Waals surface area contributed by atoms with E-state index in [0.29, 0.717) is 40.6 Å². The minimum atomic E-state index is -0.00171. The molecule has 5 heterocycles. The molecule has 2 aliphatic rings. The van der Waals surface area contributed by atoms with Crippen LogP contribution in [0.2, 0.25) is 5.02 Å². The summed E-state index contributed by atoms with van der Waals surface area (Å²) >= 11 is 6.38. The molecule has 40 heavy (non-hydrogen) atoms. The summed E-state index contributed by atoms with van der Waals surface area (Å²) in [7, 11) is 0. The van der Waals surface area contributed by atoms with Gasteiger partial charge in [-0.1, -0.05) is 16.8 Å². The minimum absolute atomic E-state index is 0.00171. The number of nitrogens with zero attached hydrogens (tertiary/aromatic N) is 5. The minimum Gasteiger partial charge on any atom is -0.493 e. The van der Waals surface area contributed by atoms with Crippen molar-refractivity contribution in [2.75, 3.05) is 30.3 Å². The fraction of sp³-hybridized carbons (Fsp3) is 0.345. The lowest BCUT2D eigenvalue weighted by Gasteiger charge is -2.31.